The van der Waals surface area contributed by atoms with Gasteiger partial charge in [0, 0.05) is 0 Å². The topological polar surface area (TPSA) is 43.1 Å². The summed E-state index contributed by atoms with van der Waals surface area (Å²) in [5.41, 5.74) is 8.24. The van der Waals surface area contributed by atoms with Gasteiger partial charge in [-0.25, -0.2) is 0 Å². The lowest BCUT2D eigenvalue weighted by molar-refractivity contribution is -0.106. The number of nitrogens with two attached hydrogens (primary N) is 1. The lowest BCUT2D eigenvalue weighted by Crippen LogP contribution is -1.86. The monoisotopic (exact) mass is 227 g/mol. The average Bonchev–Trinajstić information content (AvgIpc) is 2.35. The van der Waals surface area contributed by atoms with Crippen LogP contribution in [0.5, 0.6) is 0 Å². The van der Waals surface area contributed by atoms with Gasteiger partial charge in [-0.3, -0.25) is 4.79 Å². The van der Waals surface area contributed by atoms with Crippen molar-refractivity contribution < 1.29 is 4.79 Å². The minimum Gasteiger partial charge on any atom is -0.372 e. The lowest BCUT2D eigenvalue weighted by atomic mass is 10.0. The Kier molecular flexibility index (Phi) is 5.52. The molecule has 0 heterocycles. The molecule has 0 unspecified atom stereocenters. The van der Waals surface area contributed by atoms with Gasteiger partial charge in [-0.2, -0.15) is 0 Å². The molecule has 0 saturated carbocycles. The molecule has 17 heavy (non-hydrogen) atoms. The number of primary amides is 1. The van der Waals surface area contributed by atoms with Crippen LogP contribution in [-0.4, -0.2) is 6.41 Å². The van der Waals surface area contributed by atoms with Gasteiger partial charge >= 0.3 is 0 Å². The van der Waals surface area contributed by atoms with Crippen molar-refractivity contribution in [1.29, 1.82) is 0 Å². The third-order valence-corrected chi connectivity index (χ3v) is 2.37. The van der Waals surface area contributed by atoms with Crippen LogP contribution in [-0.2, 0) is 11.2 Å². The number of carbonyl (C=O) groups excluding carboxylic acids is 1. The van der Waals surface area contributed by atoms with E-state index in [0.717, 1.165) is 6.42 Å². The van der Waals surface area contributed by atoms with E-state index in [4.69, 9.17) is 4.79 Å². The Bertz CT molecular complexity index is 434. The quantitative estimate of drug-likeness (QED) is 0.787. The fourth-order valence-electron chi connectivity index (χ4n) is 1.54. The Morgan fingerprint density at radius 1 is 0.941 bits per heavy atom. The van der Waals surface area contributed by atoms with E-state index < -0.39 is 0 Å². The van der Waals surface area contributed by atoms with Crippen LogP contribution in [0.15, 0.2) is 54.6 Å². The molecule has 0 aromatic heterocycles. The van der Waals surface area contributed by atoms with Crippen LogP contribution in [0.25, 0.3) is 0 Å². The third-order valence-electron chi connectivity index (χ3n) is 2.37. The Hall–Kier alpha value is -2.09. The zero-order chi connectivity index (χ0) is 12.5. The molecule has 88 valence electrons. The number of hydrogen-bond donors (Lipinski definition) is 1. The molecule has 1 amide bonds. The SMILES string of the molecule is Cc1ccc(Cc2ccccc2)cc1.NC=O. The molecule has 2 nitrogen and oxygen atoms in total. The first-order valence-electron chi connectivity index (χ1n) is 5.51. The van der Waals surface area contributed by atoms with Crippen molar-refractivity contribution in [3.05, 3.63) is 71.3 Å². The van der Waals surface area contributed by atoms with Crippen LogP contribution in [0.4, 0.5) is 0 Å². The van der Waals surface area contributed by atoms with E-state index in [-0.39, 0.29) is 6.41 Å². The molecule has 0 fully saturated rings. The number of aryl methyl sites for hydroxylation is 1. The highest BCUT2D eigenvalue weighted by molar-refractivity contribution is 5.42. The van der Waals surface area contributed by atoms with E-state index in [1.54, 1.807) is 0 Å². The highest BCUT2D eigenvalue weighted by atomic mass is 16.1. The van der Waals surface area contributed by atoms with Gasteiger partial charge < -0.3 is 5.73 Å². The molecule has 0 bridgehead atoms. The molecule has 2 rings (SSSR count). The minimum absolute atomic E-state index is 0.250. The maximum absolute atomic E-state index is 8.58. The summed E-state index contributed by atoms with van der Waals surface area (Å²) in [7, 11) is 0. The summed E-state index contributed by atoms with van der Waals surface area (Å²) in [6, 6.07) is 19.3. The van der Waals surface area contributed by atoms with Crippen molar-refractivity contribution in [2.45, 2.75) is 13.3 Å². The second-order valence-corrected chi connectivity index (χ2v) is 3.78. The molecule has 0 aliphatic carbocycles. The largest absolute Gasteiger partial charge is 0.372 e. The summed E-state index contributed by atoms with van der Waals surface area (Å²) < 4.78 is 0. The maximum atomic E-state index is 8.58. The molecule has 2 N–H and O–H groups in total. The zero-order valence-electron chi connectivity index (χ0n) is 9.97. The predicted octanol–water partition coefficient (Wildman–Crippen LogP) is 2.69. The number of amides is 1. The van der Waals surface area contributed by atoms with E-state index >= 15 is 0 Å². The molecular weight excluding hydrogens is 210 g/mol. The smallest absolute Gasteiger partial charge is 0.204 e. The Balaban J connectivity index is 0.000000437. The summed E-state index contributed by atoms with van der Waals surface area (Å²) in [4.78, 5) is 8.58. The Morgan fingerprint density at radius 3 is 1.94 bits per heavy atom. The van der Waals surface area contributed by atoms with Crippen LogP contribution < -0.4 is 5.73 Å². The highest BCUT2D eigenvalue weighted by Crippen LogP contribution is 2.09. The third kappa shape index (κ3) is 4.98. The van der Waals surface area contributed by atoms with Gasteiger partial charge in [-0.05, 0) is 24.5 Å². The van der Waals surface area contributed by atoms with Crippen molar-refractivity contribution in [2.24, 2.45) is 5.73 Å². The number of benzene rings is 2. The number of rotatable bonds is 2. The van der Waals surface area contributed by atoms with Crippen molar-refractivity contribution in [3.63, 3.8) is 0 Å². The summed E-state index contributed by atoms with van der Waals surface area (Å²) in [6.07, 6.45) is 1.28. The normalized spacial score (nSPS) is 9.00. The van der Waals surface area contributed by atoms with Crippen LogP contribution in [0.3, 0.4) is 0 Å². The first-order chi connectivity index (χ1) is 8.26. The van der Waals surface area contributed by atoms with E-state index in [1.807, 2.05) is 0 Å². The molecule has 0 radical (unpaired) electrons. The Labute approximate surface area is 102 Å². The van der Waals surface area contributed by atoms with Gasteiger partial charge in [0.15, 0.2) is 0 Å². The van der Waals surface area contributed by atoms with Gasteiger partial charge in [0.25, 0.3) is 0 Å². The van der Waals surface area contributed by atoms with Gasteiger partial charge in [0.1, 0.15) is 0 Å². The second-order valence-electron chi connectivity index (χ2n) is 3.78. The average molecular weight is 227 g/mol. The fourth-order valence-corrected chi connectivity index (χ4v) is 1.54. The summed E-state index contributed by atoms with van der Waals surface area (Å²) in [5.74, 6) is 0. The molecule has 0 saturated heterocycles. The molecule has 0 spiro atoms. The van der Waals surface area contributed by atoms with Crippen molar-refractivity contribution in [1.82, 2.24) is 0 Å². The van der Waals surface area contributed by atoms with Crippen LogP contribution >= 0.6 is 0 Å². The predicted molar refractivity (Wildman–Crippen MR) is 70.7 cm³/mol. The number of hydrogen-bond acceptors (Lipinski definition) is 1. The van der Waals surface area contributed by atoms with E-state index in [9.17, 15) is 0 Å². The molecule has 2 aromatic carbocycles. The lowest BCUT2D eigenvalue weighted by Gasteiger charge is -2.01. The fraction of sp³-hybridized carbons (Fsp3) is 0.133. The summed E-state index contributed by atoms with van der Waals surface area (Å²) in [6.45, 7) is 2.12. The zero-order valence-corrected chi connectivity index (χ0v) is 9.97. The van der Waals surface area contributed by atoms with E-state index in [1.165, 1.54) is 16.7 Å². The molecule has 0 aliphatic heterocycles. The van der Waals surface area contributed by atoms with Gasteiger partial charge in [0.2, 0.25) is 6.41 Å². The summed E-state index contributed by atoms with van der Waals surface area (Å²) in [5, 5.41) is 0. The van der Waals surface area contributed by atoms with Crippen molar-refractivity contribution >= 4 is 6.41 Å². The molecule has 2 heteroatoms. The minimum atomic E-state index is 0.250. The van der Waals surface area contributed by atoms with E-state index in [2.05, 4.69) is 67.3 Å². The maximum Gasteiger partial charge on any atom is 0.204 e. The molecule has 2 aromatic rings. The van der Waals surface area contributed by atoms with Crippen LogP contribution in [0.1, 0.15) is 16.7 Å². The van der Waals surface area contributed by atoms with Crippen molar-refractivity contribution in [3.8, 4) is 0 Å². The Morgan fingerprint density at radius 2 is 1.41 bits per heavy atom. The molecule has 0 aliphatic rings. The first kappa shape index (κ1) is 13.0. The van der Waals surface area contributed by atoms with E-state index in [0.29, 0.717) is 0 Å². The van der Waals surface area contributed by atoms with Crippen LogP contribution in [0.2, 0.25) is 0 Å². The van der Waals surface area contributed by atoms with Gasteiger partial charge in [-0.15, -0.1) is 0 Å². The standard InChI is InChI=1S/C14H14.CH3NO/c1-12-7-9-14(10-8-12)11-13-5-3-2-4-6-13;2-1-3/h2-10H,11H2,1H3;1H,(H2,2,3). The van der Waals surface area contributed by atoms with Gasteiger partial charge in [-0.1, -0.05) is 60.2 Å². The van der Waals surface area contributed by atoms with Crippen LogP contribution in [0, 0.1) is 6.92 Å². The van der Waals surface area contributed by atoms with Crippen molar-refractivity contribution in [2.75, 3.05) is 0 Å². The molecular formula is C15H17NO. The van der Waals surface area contributed by atoms with Gasteiger partial charge in [0.05, 0.1) is 0 Å². The first-order valence-corrected chi connectivity index (χ1v) is 5.51. The number of carbonyl (C=O) groups is 1. The molecule has 0 atom stereocenters. The summed E-state index contributed by atoms with van der Waals surface area (Å²) >= 11 is 0. The second kappa shape index (κ2) is 7.23. The highest BCUT2D eigenvalue weighted by Gasteiger charge is 1.94.